The topological polar surface area (TPSA) is 20.2 Å². The van der Waals surface area contributed by atoms with Crippen LogP contribution in [0.25, 0.3) is 0 Å². The fourth-order valence-electron chi connectivity index (χ4n) is 0.674. The first-order chi connectivity index (χ1) is 4.66. The van der Waals surface area contributed by atoms with E-state index in [1.165, 1.54) is 6.42 Å². The molecule has 1 N–H and O–H groups in total. The molecule has 0 bridgehead atoms. The molecule has 0 saturated carbocycles. The summed E-state index contributed by atoms with van der Waals surface area (Å²) in [7, 11) is 0. The van der Waals surface area contributed by atoms with Crippen LogP contribution in [0.5, 0.6) is 0 Å². The molecule has 0 aliphatic heterocycles. The van der Waals surface area contributed by atoms with Crippen LogP contribution in [-0.2, 0) is 0 Å². The first-order valence-electron chi connectivity index (χ1n) is 4.01. The van der Waals surface area contributed by atoms with E-state index in [1.54, 1.807) is 6.92 Å². The highest BCUT2D eigenvalue weighted by Crippen LogP contribution is 2.06. The van der Waals surface area contributed by atoms with Crippen LogP contribution in [0, 0.1) is 5.92 Å². The fourth-order valence-corrected chi connectivity index (χ4v) is 0.674. The summed E-state index contributed by atoms with van der Waals surface area (Å²) in [6, 6.07) is 0. The third-order valence-corrected chi connectivity index (χ3v) is 1.65. The zero-order valence-corrected chi connectivity index (χ0v) is 7.17. The van der Waals surface area contributed by atoms with Gasteiger partial charge in [-0.2, -0.15) is 0 Å². The van der Waals surface area contributed by atoms with Gasteiger partial charge < -0.3 is 5.11 Å². The molecular weight excluding hydrogens is 124 g/mol. The maximum Gasteiger partial charge on any atom is 0.0692 e. The molecule has 0 radical (unpaired) electrons. The average Bonchev–Trinajstić information content (AvgIpc) is 1.87. The minimum absolute atomic E-state index is 0.288. The summed E-state index contributed by atoms with van der Waals surface area (Å²) in [4.78, 5) is 0. The summed E-state index contributed by atoms with van der Waals surface area (Å²) in [6.45, 7) is 6.17. The smallest absolute Gasteiger partial charge is 0.0692 e. The Morgan fingerprint density at radius 1 is 1.40 bits per heavy atom. The Labute approximate surface area is 63.8 Å². The molecule has 1 nitrogen and oxygen atoms in total. The van der Waals surface area contributed by atoms with Gasteiger partial charge in [0.2, 0.25) is 0 Å². The molecule has 10 heavy (non-hydrogen) atoms. The monoisotopic (exact) mass is 142 g/mol. The van der Waals surface area contributed by atoms with Crippen LogP contribution in [0.2, 0.25) is 0 Å². The van der Waals surface area contributed by atoms with E-state index < -0.39 is 0 Å². The van der Waals surface area contributed by atoms with Crippen molar-refractivity contribution in [2.24, 2.45) is 5.92 Å². The van der Waals surface area contributed by atoms with Crippen molar-refractivity contribution in [1.82, 2.24) is 0 Å². The summed E-state index contributed by atoms with van der Waals surface area (Å²) >= 11 is 0. The first-order valence-corrected chi connectivity index (χ1v) is 4.01. The van der Waals surface area contributed by atoms with E-state index in [9.17, 15) is 0 Å². The summed E-state index contributed by atoms with van der Waals surface area (Å²) in [5.74, 6) is 0.745. The minimum atomic E-state index is -0.288. The number of hydrogen-bond acceptors (Lipinski definition) is 1. The van der Waals surface area contributed by atoms with Crippen molar-refractivity contribution < 1.29 is 5.11 Å². The second-order valence-electron chi connectivity index (χ2n) is 2.92. The molecule has 0 fully saturated rings. The second-order valence-corrected chi connectivity index (χ2v) is 2.92. The molecule has 0 saturated heterocycles. The predicted octanol–water partition coefficient (Wildman–Crippen LogP) is 2.36. The van der Waals surface area contributed by atoms with Gasteiger partial charge in [0.25, 0.3) is 0 Å². The highest BCUT2D eigenvalue weighted by molar-refractivity contribution is 4.86. The van der Waals surface area contributed by atoms with Gasteiger partial charge in [-0.05, 0) is 19.3 Å². The lowest BCUT2D eigenvalue weighted by molar-refractivity contribution is 0.243. The third-order valence-electron chi connectivity index (χ3n) is 1.65. The third kappa shape index (κ3) is 5.83. The molecule has 0 rings (SSSR count). The summed E-state index contributed by atoms with van der Waals surface area (Å²) < 4.78 is 0. The Hall–Kier alpha value is -0.300. The summed E-state index contributed by atoms with van der Waals surface area (Å²) in [5.41, 5.74) is 0. The lowest BCUT2D eigenvalue weighted by Crippen LogP contribution is -1.93. The van der Waals surface area contributed by atoms with Gasteiger partial charge in [0, 0.05) is 0 Å². The standard InChI is InChI=1S/C9H18O/c1-4-8(2)6-5-7-9(3)10/h5,7-10H,4,6H2,1-3H3/b7-5+. The highest BCUT2D eigenvalue weighted by Gasteiger charge is 1.93. The Balaban J connectivity index is 3.33. The number of hydrogen-bond donors (Lipinski definition) is 1. The van der Waals surface area contributed by atoms with Crippen molar-refractivity contribution >= 4 is 0 Å². The molecule has 0 aromatic heterocycles. The molecule has 0 aliphatic rings. The van der Waals surface area contributed by atoms with Gasteiger partial charge in [0.1, 0.15) is 0 Å². The van der Waals surface area contributed by atoms with E-state index in [4.69, 9.17) is 5.11 Å². The number of allylic oxidation sites excluding steroid dienone is 1. The van der Waals surface area contributed by atoms with Crippen LogP contribution in [-0.4, -0.2) is 11.2 Å². The van der Waals surface area contributed by atoms with E-state index in [2.05, 4.69) is 19.9 Å². The van der Waals surface area contributed by atoms with Gasteiger partial charge in [-0.25, -0.2) is 0 Å². The van der Waals surface area contributed by atoms with Gasteiger partial charge >= 0.3 is 0 Å². The SMILES string of the molecule is CCC(C)C/C=C/C(C)O. The van der Waals surface area contributed by atoms with Crippen molar-refractivity contribution in [2.75, 3.05) is 0 Å². The Bertz CT molecular complexity index is 94.9. The Kier molecular flexibility index (Phi) is 5.32. The van der Waals surface area contributed by atoms with Gasteiger partial charge in [0.15, 0.2) is 0 Å². The van der Waals surface area contributed by atoms with E-state index >= 15 is 0 Å². The summed E-state index contributed by atoms with van der Waals surface area (Å²) in [5, 5.41) is 8.85. The van der Waals surface area contributed by atoms with Crippen molar-refractivity contribution in [3.8, 4) is 0 Å². The van der Waals surface area contributed by atoms with Crippen molar-refractivity contribution in [2.45, 2.75) is 39.7 Å². The van der Waals surface area contributed by atoms with E-state index in [0.717, 1.165) is 12.3 Å². The molecular formula is C9H18O. The van der Waals surface area contributed by atoms with Gasteiger partial charge in [-0.15, -0.1) is 0 Å². The number of aliphatic hydroxyl groups excluding tert-OH is 1. The van der Waals surface area contributed by atoms with Crippen LogP contribution in [0.15, 0.2) is 12.2 Å². The van der Waals surface area contributed by atoms with Crippen LogP contribution in [0.1, 0.15) is 33.6 Å². The molecule has 60 valence electrons. The van der Waals surface area contributed by atoms with Crippen LogP contribution < -0.4 is 0 Å². The molecule has 0 aliphatic carbocycles. The Morgan fingerprint density at radius 2 is 2.00 bits per heavy atom. The number of aliphatic hydroxyl groups is 1. The van der Waals surface area contributed by atoms with E-state index in [0.29, 0.717) is 0 Å². The second kappa shape index (κ2) is 5.48. The highest BCUT2D eigenvalue weighted by atomic mass is 16.3. The quantitative estimate of drug-likeness (QED) is 0.597. The lowest BCUT2D eigenvalue weighted by Gasteiger charge is -2.02. The molecule has 0 aromatic carbocycles. The van der Waals surface area contributed by atoms with Gasteiger partial charge in [-0.1, -0.05) is 32.4 Å². The van der Waals surface area contributed by atoms with Crippen LogP contribution in [0.4, 0.5) is 0 Å². The maximum absolute atomic E-state index is 8.85. The van der Waals surface area contributed by atoms with Gasteiger partial charge in [0.05, 0.1) is 6.10 Å². The molecule has 2 unspecified atom stereocenters. The predicted molar refractivity (Wildman–Crippen MR) is 44.9 cm³/mol. The molecule has 0 spiro atoms. The largest absolute Gasteiger partial charge is 0.389 e. The maximum atomic E-state index is 8.85. The summed E-state index contributed by atoms with van der Waals surface area (Å²) in [6.07, 6.45) is 5.90. The van der Waals surface area contributed by atoms with Crippen LogP contribution in [0.3, 0.4) is 0 Å². The molecule has 0 heterocycles. The van der Waals surface area contributed by atoms with Gasteiger partial charge in [-0.3, -0.25) is 0 Å². The minimum Gasteiger partial charge on any atom is -0.389 e. The zero-order valence-electron chi connectivity index (χ0n) is 7.17. The zero-order chi connectivity index (χ0) is 7.98. The van der Waals surface area contributed by atoms with E-state index in [1.807, 2.05) is 6.08 Å². The molecule has 0 amide bonds. The van der Waals surface area contributed by atoms with Crippen LogP contribution >= 0.6 is 0 Å². The normalized spacial score (nSPS) is 17.6. The average molecular weight is 142 g/mol. The first kappa shape index (κ1) is 9.70. The molecule has 1 heteroatoms. The fraction of sp³-hybridized carbons (Fsp3) is 0.778. The molecule has 0 aromatic rings. The number of rotatable bonds is 4. The Morgan fingerprint density at radius 3 is 2.40 bits per heavy atom. The lowest BCUT2D eigenvalue weighted by atomic mass is 10.1. The molecule has 2 atom stereocenters. The van der Waals surface area contributed by atoms with Crippen molar-refractivity contribution in [3.63, 3.8) is 0 Å². The van der Waals surface area contributed by atoms with E-state index in [-0.39, 0.29) is 6.10 Å². The van der Waals surface area contributed by atoms with Crippen molar-refractivity contribution in [1.29, 1.82) is 0 Å². The van der Waals surface area contributed by atoms with Crippen molar-refractivity contribution in [3.05, 3.63) is 12.2 Å².